The van der Waals surface area contributed by atoms with E-state index in [1.165, 1.54) is 17.7 Å². The van der Waals surface area contributed by atoms with Crippen molar-refractivity contribution in [1.82, 2.24) is 10.2 Å². The van der Waals surface area contributed by atoms with Crippen molar-refractivity contribution in [1.29, 1.82) is 0 Å². The highest BCUT2D eigenvalue weighted by atomic mass is 35.5. The summed E-state index contributed by atoms with van der Waals surface area (Å²) >= 11 is 7.68. The van der Waals surface area contributed by atoms with Crippen LogP contribution >= 0.6 is 23.4 Å². The first kappa shape index (κ1) is 16.2. The van der Waals surface area contributed by atoms with Crippen LogP contribution < -0.4 is 5.32 Å². The Hall–Kier alpha value is -0.710. The second-order valence-corrected chi connectivity index (χ2v) is 7.69. The molecule has 5 heteroatoms. The smallest absolute Gasteiger partial charge is 0.223 e. The largest absolute Gasteiger partial charge is 0.335 e. The number of carbonyl (C=O) groups excluding carboxylic acids is 1. The Morgan fingerprint density at radius 2 is 2.00 bits per heavy atom. The van der Waals surface area contributed by atoms with Crippen molar-refractivity contribution in [2.24, 2.45) is 0 Å². The number of amides is 1. The highest BCUT2D eigenvalue weighted by Gasteiger charge is 2.37. The lowest BCUT2D eigenvalue weighted by Gasteiger charge is -2.28. The second kappa shape index (κ2) is 7.71. The number of halogens is 1. The maximum absolute atomic E-state index is 12.5. The van der Waals surface area contributed by atoms with E-state index in [1.807, 2.05) is 24.3 Å². The summed E-state index contributed by atoms with van der Waals surface area (Å²) < 4.78 is 0. The van der Waals surface area contributed by atoms with Crippen LogP contribution in [0.3, 0.4) is 0 Å². The molecule has 120 valence electrons. The van der Waals surface area contributed by atoms with E-state index in [1.54, 1.807) is 11.8 Å². The van der Waals surface area contributed by atoms with Gasteiger partial charge in [-0.3, -0.25) is 4.79 Å². The molecule has 3 rings (SSSR count). The molecular weight excluding hydrogens is 316 g/mol. The average molecular weight is 339 g/mol. The third kappa shape index (κ3) is 3.98. The summed E-state index contributed by atoms with van der Waals surface area (Å²) in [5, 5.41) is 4.22. The minimum Gasteiger partial charge on any atom is -0.335 e. The number of nitrogens with one attached hydrogen (secondary N) is 1. The summed E-state index contributed by atoms with van der Waals surface area (Å²) in [6.07, 6.45) is 5.09. The van der Waals surface area contributed by atoms with E-state index in [4.69, 9.17) is 11.6 Å². The topological polar surface area (TPSA) is 32.3 Å². The van der Waals surface area contributed by atoms with E-state index >= 15 is 0 Å². The first-order valence-electron chi connectivity index (χ1n) is 8.14. The molecule has 0 aromatic heterocycles. The first-order chi connectivity index (χ1) is 10.7. The lowest BCUT2D eigenvalue weighted by Crippen LogP contribution is -2.42. The summed E-state index contributed by atoms with van der Waals surface area (Å²) in [4.78, 5) is 15.9. The van der Waals surface area contributed by atoms with Gasteiger partial charge in [0.15, 0.2) is 0 Å². The molecule has 0 radical (unpaired) electrons. The molecule has 3 nitrogen and oxygen atoms in total. The summed E-state index contributed by atoms with van der Waals surface area (Å²) in [5.74, 6) is 1.34. The van der Waals surface area contributed by atoms with Gasteiger partial charge in [-0.2, -0.15) is 0 Å². The Kier molecular flexibility index (Phi) is 5.66. The van der Waals surface area contributed by atoms with Crippen molar-refractivity contribution in [3.8, 4) is 0 Å². The van der Waals surface area contributed by atoms with Crippen LogP contribution in [0, 0.1) is 0 Å². The van der Waals surface area contributed by atoms with E-state index in [9.17, 15) is 4.79 Å². The zero-order chi connectivity index (χ0) is 15.4. The van der Waals surface area contributed by atoms with Crippen molar-refractivity contribution in [2.45, 2.75) is 49.1 Å². The van der Waals surface area contributed by atoms with Crippen molar-refractivity contribution >= 4 is 29.3 Å². The molecule has 2 unspecified atom stereocenters. The number of carbonyl (C=O) groups is 1. The molecule has 2 fully saturated rings. The fourth-order valence-electron chi connectivity index (χ4n) is 3.46. The number of benzene rings is 1. The van der Waals surface area contributed by atoms with E-state index in [-0.39, 0.29) is 0 Å². The van der Waals surface area contributed by atoms with Crippen LogP contribution in [0.15, 0.2) is 29.2 Å². The molecule has 2 saturated heterocycles. The van der Waals surface area contributed by atoms with Crippen LogP contribution in [0.5, 0.6) is 0 Å². The molecule has 1 amide bonds. The Bertz CT molecular complexity index is 494. The van der Waals surface area contributed by atoms with Crippen LogP contribution in [-0.4, -0.2) is 41.7 Å². The quantitative estimate of drug-likeness (QED) is 0.658. The zero-order valence-corrected chi connectivity index (χ0v) is 14.3. The minimum atomic E-state index is 0.355. The predicted octanol–water partition coefficient (Wildman–Crippen LogP) is 3.57. The maximum atomic E-state index is 12.5. The molecule has 2 aliphatic heterocycles. The third-order valence-corrected chi connectivity index (χ3v) is 5.91. The molecule has 0 saturated carbocycles. The lowest BCUT2D eigenvalue weighted by molar-refractivity contribution is -0.133. The number of hydrogen-bond donors (Lipinski definition) is 1. The monoisotopic (exact) mass is 338 g/mol. The highest BCUT2D eigenvalue weighted by Crippen LogP contribution is 2.29. The van der Waals surface area contributed by atoms with E-state index in [2.05, 4.69) is 10.2 Å². The van der Waals surface area contributed by atoms with Crippen LogP contribution in [-0.2, 0) is 4.79 Å². The lowest BCUT2D eigenvalue weighted by atomic mass is 10.1. The molecule has 1 aromatic carbocycles. The van der Waals surface area contributed by atoms with Gasteiger partial charge in [-0.05, 0) is 62.2 Å². The van der Waals surface area contributed by atoms with Crippen LogP contribution in [0.2, 0.25) is 5.02 Å². The Morgan fingerprint density at radius 1 is 1.23 bits per heavy atom. The molecule has 2 heterocycles. The van der Waals surface area contributed by atoms with Crippen molar-refractivity contribution in [3.05, 3.63) is 29.3 Å². The number of fused-ring (bicyclic) bond motifs is 2. The van der Waals surface area contributed by atoms with Gasteiger partial charge < -0.3 is 10.2 Å². The molecule has 2 aliphatic rings. The predicted molar refractivity (Wildman–Crippen MR) is 92.6 cm³/mol. The van der Waals surface area contributed by atoms with E-state index < -0.39 is 0 Å². The van der Waals surface area contributed by atoms with Gasteiger partial charge >= 0.3 is 0 Å². The third-order valence-electron chi connectivity index (χ3n) is 4.56. The van der Waals surface area contributed by atoms with Crippen LogP contribution in [0.4, 0.5) is 0 Å². The van der Waals surface area contributed by atoms with Crippen molar-refractivity contribution < 1.29 is 4.79 Å². The summed E-state index contributed by atoms with van der Waals surface area (Å²) in [6.45, 7) is 2.03. The Labute approximate surface area is 141 Å². The van der Waals surface area contributed by atoms with Crippen LogP contribution in [0.1, 0.15) is 32.1 Å². The van der Waals surface area contributed by atoms with E-state index in [0.717, 1.165) is 36.7 Å². The van der Waals surface area contributed by atoms with Gasteiger partial charge in [0, 0.05) is 35.0 Å². The van der Waals surface area contributed by atoms with Gasteiger partial charge in [0.25, 0.3) is 0 Å². The molecule has 2 bridgehead atoms. The molecule has 1 aromatic rings. The first-order valence-corrected chi connectivity index (χ1v) is 9.50. The molecule has 0 aliphatic carbocycles. The normalized spacial score (nSPS) is 24.3. The van der Waals surface area contributed by atoms with Gasteiger partial charge in [0.1, 0.15) is 0 Å². The van der Waals surface area contributed by atoms with Gasteiger partial charge in [0.05, 0.1) is 0 Å². The second-order valence-electron chi connectivity index (χ2n) is 6.08. The molecule has 2 atom stereocenters. The molecular formula is C17H23ClN2OS. The van der Waals surface area contributed by atoms with Gasteiger partial charge in [-0.15, -0.1) is 11.8 Å². The van der Waals surface area contributed by atoms with Crippen molar-refractivity contribution in [2.75, 3.05) is 18.8 Å². The van der Waals surface area contributed by atoms with Gasteiger partial charge in [-0.1, -0.05) is 11.6 Å². The fourth-order valence-corrected chi connectivity index (χ4v) is 4.44. The van der Waals surface area contributed by atoms with Gasteiger partial charge in [0.2, 0.25) is 5.91 Å². The SMILES string of the molecule is O=C(CCCSc1ccc(Cl)cc1)N1C2CCNCC1CC2. The number of rotatable bonds is 5. The zero-order valence-electron chi connectivity index (χ0n) is 12.8. The van der Waals surface area contributed by atoms with E-state index in [0.29, 0.717) is 24.4 Å². The summed E-state index contributed by atoms with van der Waals surface area (Å²) in [7, 11) is 0. The maximum Gasteiger partial charge on any atom is 0.223 e. The van der Waals surface area contributed by atoms with Crippen molar-refractivity contribution in [3.63, 3.8) is 0 Å². The Balaban J connectivity index is 1.43. The number of nitrogens with zero attached hydrogens (tertiary/aromatic N) is 1. The molecule has 1 N–H and O–H groups in total. The number of thioether (sulfide) groups is 1. The fraction of sp³-hybridized carbons (Fsp3) is 0.588. The molecule has 22 heavy (non-hydrogen) atoms. The van der Waals surface area contributed by atoms with Crippen LogP contribution in [0.25, 0.3) is 0 Å². The summed E-state index contributed by atoms with van der Waals surface area (Å²) in [5.41, 5.74) is 0. The number of hydrogen-bond acceptors (Lipinski definition) is 3. The molecule has 0 spiro atoms. The van der Waals surface area contributed by atoms with Gasteiger partial charge in [-0.25, -0.2) is 0 Å². The highest BCUT2D eigenvalue weighted by molar-refractivity contribution is 7.99. The summed E-state index contributed by atoms with van der Waals surface area (Å²) in [6, 6.07) is 8.82. The average Bonchev–Trinajstić information content (AvgIpc) is 2.78. The Morgan fingerprint density at radius 3 is 2.82 bits per heavy atom. The standard InChI is InChI=1S/C17H23ClN2OS/c18-13-3-7-16(8-4-13)22-11-1-2-17(21)20-14-5-6-15(20)12-19-10-9-14/h3-4,7-8,14-15,19H,1-2,5-6,9-12H2. The minimum absolute atomic E-state index is 0.355.